The van der Waals surface area contributed by atoms with E-state index in [9.17, 15) is 4.79 Å². The van der Waals surface area contributed by atoms with Crippen LogP contribution >= 0.6 is 12.2 Å². The molecule has 1 saturated carbocycles. The Balaban J connectivity index is 1.56. The van der Waals surface area contributed by atoms with Crippen molar-refractivity contribution in [2.75, 3.05) is 18.4 Å². The molecule has 0 amide bonds. The second kappa shape index (κ2) is 10.4. The fourth-order valence-corrected chi connectivity index (χ4v) is 5.08. The van der Waals surface area contributed by atoms with Gasteiger partial charge in [-0.3, -0.25) is 4.79 Å². The van der Waals surface area contributed by atoms with Crippen LogP contribution in [0.2, 0.25) is 0 Å². The predicted octanol–water partition coefficient (Wildman–Crippen LogP) is 5.58. The summed E-state index contributed by atoms with van der Waals surface area (Å²) in [4.78, 5) is 14.4. The van der Waals surface area contributed by atoms with E-state index in [4.69, 9.17) is 12.2 Å². The van der Waals surface area contributed by atoms with Crippen LogP contribution in [-0.2, 0) is 4.79 Å². The summed E-state index contributed by atoms with van der Waals surface area (Å²) in [7, 11) is 0. The zero-order chi connectivity index (χ0) is 21.6. The van der Waals surface area contributed by atoms with Gasteiger partial charge >= 0.3 is 0 Å². The Labute approximate surface area is 187 Å². The number of hydrogen-bond donors (Lipinski definition) is 2. The van der Waals surface area contributed by atoms with E-state index in [1.54, 1.807) is 6.08 Å². The lowest BCUT2D eigenvalue weighted by molar-refractivity contribution is -0.117. The molecule has 0 heterocycles. The van der Waals surface area contributed by atoms with Gasteiger partial charge in [0.25, 0.3) is 0 Å². The third-order valence-electron chi connectivity index (χ3n) is 6.13. The van der Waals surface area contributed by atoms with Crippen LogP contribution in [0.25, 0.3) is 0 Å². The number of rotatable bonds is 7. The lowest BCUT2D eigenvalue weighted by Gasteiger charge is -2.36. The molecule has 0 bridgehead atoms. The minimum Gasteiger partial charge on any atom is -0.388 e. The Morgan fingerprint density at radius 1 is 1.20 bits per heavy atom. The number of ketones is 1. The normalized spacial score (nSPS) is 19.2. The van der Waals surface area contributed by atoms with Gasteiger partial charge in [0.15, 0.2) is 10.9 Å². The first-order chi connectivity index (χ1) is 14.3. The third kappa shape index (κ3) is 6.83. The van der Waals surface area contributed by atoms with Crippen LogP contribution in [0.4, 0.5) is 5.69 Å². The average molecular weight is 428 g/mol. The van der Waals surface area contributed by atoms with Crippen LogP contribution < -0.4 is 10.6 Å². The van der Waals surface area contributed by atoms with Crippen molar-refractivity contribution in [3.8, 4) is 0 Å². The van der Waals surface area contributed by atoms with Crippen LogP contribution in [0.15, 0.2) is 36.0 Å². The van der Waals surface area contributed by atoms with Gasteiger partial charge in [0.2, 0.25) is 0 Å². The zero-order valence-electron chi connectivity index (χ0n) is 18.8. The van der Waals surface area contributed by atoms with Crippen molar-refractivity contribution in [1.29, 1.82) is 0 Å². The summed E-state index contributed by atoms with van der Waals surface area (Å²) in [5, 5.41) is 7.81. The zero-order valence-corrected chi connectivity index (χ0v) is 19.6. The third-order valence-corrected chi connectivity index (χ3v) is 6.47. The highest BCUT2D eigenvalue weighted by molar-refractivity contribution is 7.80. The highest BCUT2D eigenvalue weighted by atomic mass is 32.1. The number of carbonyl (C=O) groups is 1. The number of anilines is 1. The SMILES string of the molecule is Cc1cccc(NC(=S)N(CCCNC2=CC(=O)CC(C)(C)C2)C2CCCCC2)c1. The maximum atomic E-state index is 12.0. The van der Waals surface area contributed by atoms with Crippen molar-refractivity contribution in [3.05, 3.63) is 41.6 Å². The van der Waals surface area contributed by atoms with Gasteiger partial charge in [-0.15, -0.1) is 0 Å². The molecule has 2 N–H and O–H groups in total. The van der Waals surface area contributed by atoms with E-state index < -0.39 is 0 Å². The van der Waals surface area contributed by atoms with Crippen molar-refractivity contribution < 1.29 is 4.79 Å². The molecule has 2 aliphatic rings. The van der Waals surface area contributed by atoms with Crippen molar-refractivity contribution in [2.45, 2.75) is 78.2 Å². The number of aryl methyl sites for hydroxylation is 1. The number of thiocarbonyl (C=S) groups is 1. The maximum Gasteiger partial charge on any atom is 0.173 e. The van der Waals surface area contributed by atoms with Crippen LogP contribution in [0.5, 0.6) is 0 Å². The lowest BCUT2D eigenvalue weighted by Crippen LogP contribution is -2.44. The molecule has 0 radical (unpaired) electrons. The quantitative estimate of drug-likeness (QED) is 0.439. The van der Waals surface area contributed by atoms with Gasteiger partial charge in [0.1, 0.15) is 0 Å². The van der Waals surface area contributed by atoms with Crippen molar-refractivity contribution >= 4 is 28.8 Å². The first-order valence-corrected chi connectivity index (χ1v) is 11.8. The highest BCUT2D eigenvalue weighted by Crippen LogP contribution is 2.32. The topological polar surface area (TPSA) is 44.4 Å². The minimum absolute atomic E-state index is 0.0571. The van der Waals surface area contributed by atoms with E-state index in [2.05, 4.69) is 60.6 Å². The summed E-state index contributed by atoms with van der Waals surface area (Å²) < 4.78 is 0. The molecule has 2 aliphatic carbocycles. The second-order valence-electron chi connectivity index (χ2n) is 9.72. The van der Waals surface area contributed by atoms with Crippen molar-refractivity contribution in [2.24, 2.45) is 5.41 Å². The van der Waals surface area contributed by atoms with Crippen molar-refractivity contribution in [3.63, 3.8) is 0 Å². The van der Waals surface area contributed by atoms with E-state index in [0.717, 1.165) is 42.4 Å². The summed E-state index contributed by atoms with van der Waals surface area (Å²) in [6, 6.07) is 8.91. The molecule has 3 rings (SSSR count). The molecule has 0 atom stereocenters. The molecule has 0 spiro atoms. The van der Waals surface area contributed by atoms with Crippen LogP contribution in [0.1, 0.15) is 70.8 Å². The van der Waals surface area contributed by atoms with E-state index in [1.165, 1.54) is 37.7 Å². The minimum atomic E-state index is 0.0571. The number of nitrogens with zero attached hydrogens (tertiary/aromatic N) is 1. The Morgan fingerprint density at radius 2 is 1.97 bits per heavy atom. The number of carbonyl (C=O) groups excluding carboxylic acids is 1. The van der Waals surface area contributed by atoms with E-state index in [1.807, 2.05) is 0 Å². The molecule has 0 saturated heterocycles. The summed E-state index contributed by atoms with van der Waals surface area (Å²) in [6.45, 7) is 8.23. The Kier molecular flexibility index (Phi) is 7.93. The van der Waals surface area contributed by atoms with Gasteiger partial charge < -0.3 is 15.5 Å². The number of hydrogen-bond acceptors (Lipinski definition) is 3. The van der Waals surface area contributed by atoms with E-state index in [0.29, 0.717) is 12.5 Å². The molecular weight excluding hydrogens is 390 g/mol. The molecule has 0 aliphatic heterocycles. The predicted molar refractivity (Wildman–Crippen MR) is 130 cm³/mol. The molecule has 4 nitrogen and oxygen atoms in total. The largest absolute Gasteiger partial charge is 0.388 e. The second-order valence-corrected chi connectivity index (χ2v) is 10.1. The first-order valence-electron chi connectivity index (χ1n) is 11.4. The Bertz CT molecular complexity index is 780. The summed E-state index contributed by atoms with van der Waals surface area (Å²) in [6.07, 6.45) is 10.7. The molecule has 0 aromatic heterocycles. The van der Waals surface area contributed by atoms with Gasteiger partial charge in [-0.1, -0.05) is 45.2 Å². The smallest absolute Gasteiger partial charge is 0.173 e. The molecule has 30 heavy (non-hydrogen) atoms. The fourth-order valence-electron chi connectivity index (χ4n) is 4.72. The molecule has 0 unspecified atom stereocenters. The molecule has 1 fully saturated rings. The van der Waals surface area contributed by atoms with Crippen LogP contribution in [0.3, 0.4) is 0 Å². The summed E-state index contributed by atoms with van der Waals surface area (Å²) in [5.74, 6) is 0.237. The lowest BCUT2D eigenvalue weighted by atomic mass is 9.79. The van der Waals surface area contributed by atoms with Gasteiger partial charge in [-0.2, -0.15) is 0 Å². The van der Waals surface area contributed by atoms with Gasteiger partial charge in [-0.05, 0) is 67.9 Å². The van der Waals surface area contributed by atoms with E-state index >= 15 is 0 Å². The van der Waals surface area contributed by atoms with Gasteiger partial charge in [0.05, 0.1) is 0 Å². The Hall–Kier alpha value is -1.88. The van der Waals surface area contributed by atoms with Gasteiger partial charge in [-0.25, -0.2) is 0 Å². The molecule has 164 valence electrons. The molecule has 1 aromatic carbocycles. The van der Waals surface area contributed by atoms with Crippen molar-refractivity contribution in [1.82, 2.24) is 10.2 Å². The Morgan fingerprint density at radius 3 is 2.67 bits per heavy atom. The highest BCUT2D eigenvalue weighted by Gasteiger charge is 2.27. The summed E-state index contributed by atoms with van der Waals surface area (Å²) >= 11 is 5.84. The standard InChI is InChI=1S/C25H37N3OS/c1-19-9-7-10-20(15-19)27-24(30)28(22-11-5-4-6-12-22)14-8-13-26-21-16-23(29)18-25(2,3)17-21/h7,9-10,15-16,22,26H,4-6,8,11-14,17-18H2,1-3H3,(H,27,30). The molecule has 1 aromatic rings. The van der Waals surface area contributed by atoms with E-state index in [-0.39, 0.29) is 11.2 Å². The molecular formula is C25H37N3OS. The van der Waals surface area contributed by atoms with Crippen LogP contribution in [0, 0.1) is 12.3 Å². The fraction of sp³-hybridized carbons (Fsp3) is 0.600. The average Bonchev–Trinajstić information content (AvgIpc) is 2.67. The monoisotopic (exact) mass is 427 g/mol. The summed E-state index contributed by atoms with van der Waals surface area (Å²) in [5.41, 5.74) is 3.43. The maximum absolute atomic E-state index is 12.0. The number of nitrogens with one attached hydrogen (secondary N) is 2. The number of allylic oxidation sites excluding steroid dienone is 2. The van der Waals surface area contributed by atoms with Crippen LogP contribution in [-0.4, -0.2) is 34.9 Å². The van der Waals surface area contributed by atoms with Gasteiger partial charge in [0, 0.05) is 43.0 Å². The molecule has 5 heteroatoms. The first kappa shape index (κ1) is 22.8. The number of benzene rings is 1.